The molecule has 4 N–H and O–H groups in total. The van der Waals surface area contributed by atoms with E-state index in [0.29, 0.717) is 35.1 Å². The Morgan fingerprint density at radius 2 is 0.602 bits per heavy atom. The third-order valence-corrected chi connectivity index (χ3v) is 15.8. The van der Waals surface area contributed by atoms with E-state index in [1.807, 2.05) is 121 Å². The van der Waals surface area contributed by atoms with E-state index in [9.17, 15) is 37.4 Å². The van der Waals surface area contributed by atoms with Crippen molar-refractivity contribution in [1.82, 2.24) is 9.80 Å². The number of halogens is 6. The summed E-state index contributed by atoms with van der Waals surface area (Å²) in [5, 5.41) is 24.1. The van der Waals surface area contributed by atoms with Crippen LogP contribution in [0.15, 0.2) is 218 Å². The summed E-state index contributed by atoms with van der Waals surface area (Å²) in [5.41, 5.74) is 3.10. The summed E-state index contributed by atoms with van der Waals surface area (Å²) >= 11 is 0. The second-order valence-electron chi connectivity index (χ2n) is 20.8. The van der Waals surface area contributed by atoms with Crippen LogP contribution in [0.4, 0.5) is 40.3 Å². The Labute approximate surface area is 497 Å². The van der Waals surface area contributed by atoms with Gasteiger partial charge in [0.2, 0.25) is 11.8 Å². The summed E-state index contributed by atoms with van der Waals surface area (Å²) in [6.07, 6.45) is 5.16. The van der Waals surface area contributed by atoms with Gasteiger partial charge in [0, 0.05) is 35.6 Å². The van der Waals surface area contributed by atoms with Crippen molar-refractivity contribution in [3.8, 4) is 0 Å². The number of benzene rings is 8. The molecule has 0 aromatic heterocycles. The van der Waals surface area contributed by atoms with E-state index < -0.39 is 11.2 Å². The van der Waals surface area contributed by atoms with Crippen LogP contribution in [0.3, 0.4) is 0 Å². The van der Waals surface area contributed by atoms with Gasteiger partial charge < -0.3 is 25.5 Å². The van der Waals surface area contributed by atoms with Gasteiger partial charge in [0.25, 0.3) is 0 Å². The fourth-order valence-corrected chi connectivity index (χ4v) is 11.6. The molecule has 2 amide bonds. The number of hydrogen-bond donors (Lipinski definition) is 2. The first-order valence-electron chi connectivity index (χ1n) is 27.7. The first-order valence-corrected chi connectivity index (χ1v) is 27.7. The van der Waals surface area contributed by atoms with Crippen molar-refractivity contribution in [3.63, 3.8) is 0 Å². The number of nitrogens with zero attached hydrogens (tertiary/aromatic N) is 4. The molecule has 8 aromatic rings. The smallest absolute Gasteiger partial charge is 0.231 e. The van der Waals surface area contributed by atoms with Gasteiger partial charge in [-0.2, -0.15) is 0 Å². The van der Waals surface area contributed by atoms with E-state index in [1.54, 1.807) is 58.3 Å². The standard InChI is InChI=1S/2C34H34F2N2O2.2ClH.H2O/c2*35-29-17-13-26(14-18-29)34(40,27-15-19-30(36)20-16-27)28-21-24-37(25-22-28)23-7-12-33(39)38(31-8-3-1-4-9-31)32-10-5-2-6-11-32;;;/h2*1-6,8-11,13-20,28,40H,7,12,21-25H2;2*1H;1H2. The zero-order chi connectivity index (χ0) is 55.9. The fraction of sp³-hybridized carbons (Fsp3) is 0.265. The number of rotatable bonds is 18. The topological polar surface area (TPSA) is 119 Å². The predicted molar refractivity (Wildman–Crippen MR) is 327 cm³/mol. The minimum Gasteiger partial charge on any atom is -0.412 e. The van der Waals surface area contributed by atoms with Crippen molar-refractivity contribution in [2.45, 2.75) is 62.6 Å². The lowest BCUT2D eigenvalue weighted by molar-refractivity contribution is -0.118. The molecule has 8 aromatic carbocycles. The van der Waals surface area contributed by atoms with E-state index in [-0.39, 0.29) is 77.2 Å². The molecule has 2 heterocycles. The molecule has 2 aliphatic rings. The molecule has 9 nitrogen and oxygen atoms in total. The molecule has 0 atom stereocenters. The van der Waals surface area contributed by atoms with Crippen LogP contribution in [-0.2, 0) is 20.8 Å². The summed E-state index contributed by atoms with van der Waals surface area (Å²) in [6.45, 7) is 4.63. The molecule has 2 saturated heterocycles. The number of anilines is 4. The third kappa shape index (κ3) is 16.1. The van der Waals surface area contributed by atoms with Crippen LogP contribution < -0.4 is 9.80 Å². The lowest BCUT2D eigenvalue weighted by atomic mass is 9.72. The maximum absolute atomic E-state index is 13.7. The molecular weight excluding hydrogens is 1100 g/mol. The highest BCUT2D eigenvalue weighted by molar-refractivity contribution is 6.01. The van der Waals surface area contributed by atoms with Crippen LogP contribution in [0.25, 0.3) is 0 Å². The normalized spacial score (nSPS) is 14.1. The van der Waals surface area contributed by atoms with Crippen LogP contribution in [-0.4, -0.2) is 76.6 Å². The largest absolute Gasteiger partial charge is 0.412 e. The Bertz CT molecular complexity index is 2810. The zero-order valence-corrected chi connectivity index (χ0v) is 47.8. The van der Waals surface area contributed by atoms with Gasteiger partial charge in [-0.1, -0.05) is 121 Å². The number of carbonyl (C=O) groups excluding carboxylic acids is 2. The summed E-state index contributed by atoms with van der Waals surface area (Å²) in [5.74, 6) is -1.61. The molecule has 0 radical (unpaired) electrons. The van der Waals surface area contributed by atoms with Crippen molar-refractivity contribution in [2.24, 2.45) is 11.8 Å². The van der Waals surface area contributed by atoms with Gasteiger partial charge in [0.1, 0.15) is 34.5 Å². The molecule has 15 heteroatoms. The average Bonchev–Trinajstić information content (AvgIpc) is 3.52. The average molecular weight is 1170 g/mol. The highest BCUT2D eigenvalue weighted by Gasteiger charge is 2.43. The van der Waals surface area contributed by atoms with Gasteiger partial charge in [-0.05, 0) is 209 Å². The lowest BCUT2D eigenvalue weighted by Crippen LogP contribution is -2.44. The quantitative estimate of drug-likeness (QED) is 0.0826. The number of carbonyl (C=O) groups is 2. The Morgan fingerprint density at radius 3 is 0.819 bits per heavy atom. The van der Waals surface area contributed by atoms with Crippen LogP contribution in [0.2, 0.25) is 0 Å². The first kappa shape index (κ1) is 65.0. The van der Waals surface area contributed by atoms with Crippen LogP contribution in [0.1, 0.15) is 73.6 Å². The number of hydrogen-bond acceptors (Lipinski definition) is 6. The Hall–Kier alpha value is -7.20. The molecule has 0 unspecified atom stereocenters. The van der Waals surface area contributed by atoms with Gasteiger partial charge in [0.15, 0.2) is 0 Å². The Balaban J connectivity index is 0.000000257. The summed E-state index contributed by atoms with van der Waals surface area (Å²) in [7, 11) is 0. The fourth-order valence-electron chi connectivity index (χ4n) is 11.6. The van der Waals surface area contributed by atoms with Gasteiger partial charge >= 0.3 is 0 Å². The van der Waals surface area contributed by atoms with Gasteiger partial charge in [0.05, 0.1) is 0 Å². The van der Waals surface area contributed by atoms with Crippen molar-refractivity contribution >= 4 is 59.4 Å². The van der Waals surface area contributed by atoms with Crippen LogP contribution in [0, 0.1) is 35.1 Å². The van der Waals surface area contributed by atoms with Crippen molar-refractivity contribution in [1.29, 1.82) is 0 Å². The number of aliphatic hydroxyl groups is 2. The van der Waals surface area contributed by atoms with E-state index in [0.717, 1.165) is 101 Å². The maximum atomic E-state index is 13.7. The van der Waals surface area contributed by atoms with Gasteiger partial charge in [-0.3, -0.25) is 19.4 Å². The lowest BCUT2D eigenvalue weighted by Gasteiger charge is -2.42. The monoisotopic (exact) mass is 1170 g/mol. The van der Waals surface area contributed by atoms with Gasteiger partial charge in [-0.25, -0.2) is 17.6 Å². The van der Waals surface area contributed by atoms with E-state index in [4.69, 9.17) is 0 Å². The van der Waals surface area contributed by atoms with Crippen LogP contribution in [0.5, 0.6) is 0 Å². The Morgan fingerprint density at radius 1 is 0.386 bits per heavy atom. The molecule has 10 rings (SSSR count). The Kier molecular flexibility index (Phi) is 24.2. The number of piperidine rings is 2. The van der Waals surface area contributed by atoms with E-state index in [2.05, 4.69) is 9.80 Å². The molecular formula is C68H72Cl2F4N4O5. The second kappa shape index (κ2) is 30.9. The number of likely N-dealkylation sites (tertiary alicyclic amines) is 2. The maximum Gasteiger partial charge on any atom is 0.231 e. The summed E-state index contributed by atoms with van der Waals surface area (Å²) in [4.78, 5) is 34.9. The first-order chi connectivity index (χ1) is 38.9. The second-order valence-corrected chi connectivity index (χ2v) is 20.8. The number of para-hydroxylation sites is 4. The van der Waals surface area contributed by atoms with Crippen molar-refractivity contribution < 1.29 is 42.8 Å². The molecule has 2 fully saturated rings. The highest BCUT2D eigenvalue weighted by Crippen LogP contribution is 2.44. The molecule has 0 spiro atoms. The van der Waals surface area contributed by atoms with Gasteiger partial charge in [-0.15, -0.1) is 24.8 Å². The van der Waals surface area contributed by atoms with E-state index in [1.165, 1.54) is 48.5 Å². The molecule has 83 heavy (non-hydrogen) atoms. The summed E-state index contributed by atoms with van der Waals surface area (Å²) < 4.78 is 54.7. The third-order valence-electron chi connectivity index (χ3n) is 15.8. The minimum absolute atomic E-state index is 0. The highest BCUT2D eigenvalue weighted by atomic mass is 35.5. The molecule has 0 saturated carbocycles. The molecule has 2 aliphatic heterocycles. The van der Waals surface area contributed by atoms with Crippen molar-refractivity contribution in [2.75, 3.05) is 49.1 Å². The molecule has 0 bridgehead atoms. The van der Waals surface area contributed by atoms with Crippen LogP contribution >= 0.6 is 24.8 Å². The zero-order valence-electron chi connectivity index (χ0n) is 46.2. The van der Waals surface area contributed by atoms with E-state index >= 15 is 0 Å². The SMILES string of the molecule is Cl.Cl.O.O=C(CCCN1CCC(C(O)(c2ccc(F)cc2)c2ccc(F)cc2)CC1)N(c1ccccc1)c1ccccc1.O=C(CCCN1CCC(C(O)(c2ccc(F)cc2)c2ccc(F)cc2)CC1)N(c1ccccc1)c1ccccc1. The molecule has 0 aliphatic carbocycles. The van der Waals surface area contributed by atoms with Crippen molar-refractivity contribution in [3.05, 3.63) is 264 Å². The summed E-state index contributed by atoms with van der Waals surface area (Å²) in [6, 6.07) is 62.5. The molecule has 436 valence electrons. The number of amides is 2. The predicted octanol–water partition coefficient (Wildman–Crippen LogP) is 14.1. The minimum atomic E-state index is -1.35.